The Hall–Kier alpha value is -2.41. The predicted octanol–water partition coefficient (Wildman–Crippen LogP) is 4.46. The van der Waals surface area contributed by atoms with Crippen LogP contribution in [0.4, 0.5) is 4.39 Å². The normalized spacial score (nSPS) is 15.7. The maximum atomic E-state index is 13.1. The number of aryl methyl sites for hydroxylation is 1. The highest BCUT2D eigenvalue weighted by Gasteiger charge is 2.17. The summed E-state index contributed by atoms with van der Waals surface area (Å²) in [5, 5.41) is -0.558. The van der Waals surface area contributed by atoms with E-state index in [9.17, 15) is 4.39 Å². The van der Waals surface area contributed by atoms with Crippen LogP contribution in [0.3, 0.4) is 0 Å². The van der Waals surface area contributed by atoms with Gasteiger partial charge >= 0.3 is 0 Å². The summed E-state index contributed by atoms with van der Waals surface area (Å²) in [6.45, 7) is 4.12. The van der Waals surface area contributed by atoms with Crippen LogP contribution in [0.25, 0.3) is 0 Å². The van der Waals surface area contributed by atoms with Gasteiger partial charge in [-0.3, -0.25) is 0 Å². The van der Waals surface area contributed by atoms with Crippen LogP contribution >= 0.6 is 11.6 Å². The molecule has 2 heterocycles. The van der Waals surface area contributed by atoms with Gasteiger partial charge in [0.1, 0.15) is 6.17 Å². The van der Waals surface area contributed by atoms with E-state index in [4.69, 9.17) is 21.1 Å². The third kappa shape index (κ3) is 8.80. The molecule has 1 aromatic heterocycles. The first-order valence-corrected chi connectivity index (χ1v) is 11.8. The highest BCUT2D eigenvalue weighted by atomic mass is 35.5. The van der Waals surface area contributed by atoms with Gasteiger partial charge in [-0.1, -0.05) is 83.7 Å². The molecule has 0 saturated carbocycles. The van der Waals surface area contributed by atoms with Crippen molar-refractivity contribution in [3.63, 3.8) is 0 Å². The monoisotopic (exact) mass is 468 g/mol. The standard InChI is InChI=1S/C18H19BClF.C8H12N2O2/c1-15(21)18(20)13-8-14-19(16-9-4-2-5-10-16)17-11-6-3-7-12-17;1(8-11-5-6-12-8)3-10-4-2-9-7-10/h2-13,15,18H,14H2,1H3;2,4,7-8H,1,3,5-6H2. The molecule has 0 spiro atoms. The van der Waals surface area contributed by atoms with Crippen molar-refractivity contribution in [2.24, 2.45) is 0 Å². The second kappa shape index (κ2) is 14.0. The van der Waals surface area contributed by atoms with Crippen LogP contribution in [0.2, 0.25) is 6.32 Å². The van der Waals surface area contributed by atoms with E-state index in [1.54, 1.807) is 18.6 Å². The summed E-state index contributed by atoms with van der Waals surface area (Å²) in [7, 11) is 0. The van der Waals surface area contributed by atoms with Gasteiger partial charge in [0.25, 0.3) is 0 Å². The number of ether oxygens (including phenoxy) is 2. The van der Waals surface area contributed by atoms with Gasteiger partial charge in [0, 0.05) is 25.4 Å². The molecule has 1 saturated heterocycles. The summed E-state index contributed by atoms with van der Waals surface area (Å²) in [6.07, 6.45) is 9.92. The Morgan fingerprint density at radius 1 is 1.09 bits per heavy atom. The largest absolute Gasteiger partial charge is 0.350 e. The minimum atomic E-state index is -1.03. The fourth-order valence-corrected chi connectivity index (χ4v) is 3.68. The van der Waals surface area contributed by atoms with Crippen molar-refractivity contribution in [1.82, 2.24) is 9.55 Å². The third-order valence-electron chi connectivity index (χ3n) is 5.41. The predicted molar refractivity (Wildman–Crippen MR) is 135 cm³/mol. The van der Waals surface area contributed by atoms with E-state index in [1.165, 1.54) is 17.8 Å². The minimum Gasteiger partial charge on any atom is -0.350 e. The zero-order chi connectivity index (χ0) is 23.3. The Balaban J connectivity index is 0.000000215. The number of aromatic nitrogens is 2. The van der Waals surface area contributed by atoms with Crippen LogP contribution in [-0.2, 0) is 16.0 Å². The molecule has 4 rings (SSSR count). The average molecular weight is 469 g/mol. The van der Waals surface area contributed by atoms with Crippen LogP contribution in [0.5, 0.6) is 0 Å². The molecule has 174 valence electrons. The highest BCUT2D eigenvalue weighted by Crippen LogP contribution is 2.10. The Bertz CT molecular complexity index is 880. The summed E-state index contributed by atoms with van der Waals surface area (Å²) in [6, 6.07) is 20.7. The second-order valence-electron chi connectivity index (χ2n) is 7.92. The smallest absolute Gasteiger partial charge is 0.213 e. The number of hydrogen-bond donors (Lipinski definition) is 0. The zero-order valence-corrected chi connectivity index (χ0v) is 19.7. The molecule has 3 aromatic rings. The first-order chi connectivity index (χ1) is 16.1. The number of imidazole rings is 1. The quantitative estimate of drug-likeness (QED) is 0.264. The molecule has 2 aromatic carbocycles. The van der Waals surface area contributed by atoms with Crippen molar-refractivity contribution >= 4 is 29.2 Å². The van der Waals surface area contributed by atoms with Gasteiger partial charge in [-0.2, -0.15) is 0 Å². The molecule has 1 aliphatic heterocycles. The first kappa shape index (κ1) is 25.2. The SMILES string of the molecule is CC(F)C(Cl)C=CCB(c1ccccc1)c1ccccc1.c1cn(CCC2OCCO2)cn1. The van der Waals surface area contributed by atoms with Gasteiger partial charge in [-0.25, -0.2) is 9.37 Å². The Labute approximate surface area is 201 Å². The van der Waals surface area contributed by atoms with Crippen LogP contribution < -0.4 is 10.9 Å². The summed E-state index contributed by atoms with van der Waals surface area (Å²) in [5.41, 5.74) is 2.51. The Kier molecular flexibility index (Phi) is 10.7. The molecule has 0 N–H and O–H groups in total. The summed E-state index contributed by atoms with van der Waals surface area (Å²) in [4.78, 5) is 3.95. The lowest BCUT2D eigenvalue weighted by Crippen LogP contribution is -2.41. The molecule has 2 atom stereocenters. The number of allylic oxidation sites excluding steroid dienone is 2. The van der Waals surface area contributed by atoms with Gasteiger partial charge in [0.2, 0.25) is 6.71 Å². The second-order valence-corrected chi connectivity index (χ2v) is 8.42. The molecule has 1 fully saturated rings. The lowest BCUT2D eigenvalue weighted by Gasteiger charge is -2.13. The van der Waals surface area contributed by atoms with E-state index in [0.29, 0.717) is 0 Å². The summed E-state index contributed by atoms with van der Waals surface area (Å²) in [5.74, 6) is 0. The van der Waals surface area contributed by atoms with Crippen molar-refractivity contribution in [3.05, 3.63) is 91.5 Å². The Morgan fingerprint density at radius 3 is 2.21 bits per heavy atom. The topological polar surface area (TPSA) is 36.3 Å². The number of hydrogen-bond acceptors (Lipinski definition) is 3. The van der Waals surface area contributed by atoms with Crippen molar-refractivity contribution in [2.45, 2.75) is 44.0 Å². The van der Waals surface area contributed by atoms with E-state index in [0.717, 1.165) is 32.5 Å². The van der Waals surface area contributed by atoms with Gasteiger partial charge < -0.3 is 14.0 Å². The minimum absolute atomic E-state index is 0.00704. The van der Waals surface area contributed by atoms with Crippen LogP contribution in [0, 0.1) is 0 Å². The number of alkyl halides is 2. The number of nitrogens with zero attached hydrogens (tertiary/aromatic N) is 2. The van der Waals surface area contributed by atoms with E-state index in [1.807, 2.05) is 53.2 Å². The lowest BCUT2D eigenvalue weighted by molar-refractivity contribution is -0.0490. The van der Waals surface area contributed by atoms with Crippen molar-refractivity contribution in [2.75, 3.05) is 13.2 Å². The molecular weight excluding hydrogens is 438 g/mol. The molecule has 0 aliphatic carbocycles. The highest BCUT2D eigenvalue weighted by molar-refractivity contribution is 6.85. The fourth-order valence-electron chi connectivity index (χ4n) is 3.58. The Morgan fingerprint density at radius 2 is 1.70 bits per heavy atom. The van der Waals surface area contributed by atoms with Crippen LogP contribution in [-0.4, -0.2) is 47.3 Å². The first-order valence-electron chi connectivity index (χ1n) is 11.4. The average Bonchev–Trinajstić information content (AvgIpc) is 3.56. The maximum absolute atomic E-state index is 13.1. The lowest BCUT2D eigenvalue weighted by atomic mass is 9.39. The molecule has 7 heteroatoms. The molecular formula is C26H31BClFN2O2. The molecule has 4 nitrogen and oxygen atoms in total. The van der Waals surface area contributed by atoms with E-state index >= 15 is 0 Å². The molecule has 33 heavy (non-hydrogen) atoms. The summed E-state index contributed by atoms with van der Waals surface area (Å²) >= 11 is 5.93. The number of halogens is 2. The van der Waals surface area contributed by atoms with Crippen molar-refractivity contribution < 1.29 is 13.9 Å². The third-order valence-corrected chi connectivity index (χ3v) is 5.90. The molecule has 0 bridgehead atoms. The van der Waals surface area contributed by atoms with E-state index in [-0.39, 0.29) is 13.0 Å². The molecule has 0 amide bonds. The van der Waals surface area contributed by atoms with Gasteiger partial charge in [0.15, 0.2) is 6.29 Å². The molecule has 0 radical (unpaired) electrons. The van der Waals surface area contributed by atoms with Crippen molar-refractivity contribution in [1.29, 1.82) is 0 Å². The van der Waals surface area contributed by atoms with Gasteiger partial charge in [-0.05, 0) is 13.2 Å². The summed E-state index contributed by atoms with van der Waals surface area (Å²) < 4.78 is 25.7. The van der Waals surface area contributed by atoms with E-state index in [2.05, 4.69) is 29.2 Å². The maximum Gasteiger partial charge on any atom is 0.213 e. The number of benzene rings is 2. The van der Waals surface area contributed by atoms with Crippen LogP contribution in [0.1, 0.15) is 13.3 Å². The van der Waals surface area contributed by atoms with E-state index < -0.39 is 11.5 Å². The van der Waals surface area contributed by atoms with Crippen LogP contribution in [0.15, 0.2) is 91.5 Å². The molecule has 1 aliphatic rings. The van der Waals surface area contributed by atoms with Crippen molar-refractivity contribution in [3.8, 4) is 0 Å². The number of rotatable bonds is 9. The molecule has 2 unspecified atom stereocenters. The zero-order valence-electron chi connectivity index (χ0n) is 19.0. The van der Waals surface area contributed by atoms with Gasteiger partial charge in [0.05, 0.1) is 24.9 Å². The van der Waals surface area contributed by atoms with Gasteiger partial charge in [-0.15, -0.1) is 11.6 Å². The fraction of sp³-hybridized carbons (Fsp3) is 0.346.